The van der Waals surface area contributed by atoms with Crippen LogP contribution in [0.3, 0.4) is 0 Å². The van der Waals surface area contributed by atoms with Crippen LogP contribution in [0.4, 0.5) is 0 Å². The van der Waals surface area contributed by atoms with Crippen molar-refractivity contribution in [3.05, 3.63) is 55.1 Å². The number of thiophene rings is 1. The average Bonchev–Trinajstić information content (AvgIpc) is 2.68. The number of halogens is 3. The molecule has 0 amide bonds. The first-order chi connectivity index (χ1) is 8.13. The van der Waals surface area contributed by atoms with E-state index in [1.165, 1.54) is 22.5 Å². The molecular formula is C13H11BrCl2S. The van der Waals surface area contributed by atoms with Crippen molar-refractivity contribution in [3.63, 3.8) is 0 Å². The van der Waals surface area contributed by atoms with Gasteiger partial charge < -0.3 is 0 Å². The second-order valence-electron chi connectivity index (χ2n) is 3.69. The third-order valence-electron chi connectivity index (χ3n) is 2.62. The highest BCUT2D eigenvalue weighted by atomic mass is 79.9. The molecule has 0 spiro atoms. The first kappa shape index (κ1) is 13.4. The van der Waals surface area contributed by atoms with Crippen molar-refractivity contribution in [1.82, 2.24) is 0 Å². The molecule has 1 heterocycles. The molecule has 0 fully saturated rings. The van der Waals surface area contributed by atoms with Gasteiger partial charge in [-0.15, -0.1) is 22.9 Å². The average molecular weight is 350 g/mol. The molecule has 1 aromatic heterocycles. The Morgan fingerprint density at radius 1 is 1.35 bits per heavy atom. The van der Waals surface area contributed by atoms with Crippen molar-refractivity contribution < 1.29 is 0 Å². The van der Waals surface area contributed by atoms with E-state index >= 15 is 0 Å². The zero-order chi connectivity index (χ0) is 12.4. The summed E-state index contributed by atoms with van der Waals surface area (Å²) in [6, 6.07) is 10.3. The number of hydrogen-bond donors (Lipinski definition) is 0. The standard InChI is InChI=1S/C13H11BrCl2S/c1-2-8-5-3-4-6-9(8)12(15)11-7-10(14)13(16)17-11/h3-7,12H,2H2,1H3. The Morgan fingerprint density at radius 3 is 2.65 bits per heavy atom. The van der Waals surface area contributed by atoms with Crippen LogP contribution in [0.2, 0.25) is 4.34 Å². The first-order valence-corrected chi connectivity index (χ1v) is 7.72. The molecular weight excluding hydrogens is 339 g/mol. The van der Waals surface area contributed by atoms with Crippen LogP contribution in [0.15, 0.2) is 34.8 Å². The first-order valence-electron chi connectivity index (χ1n) is 5.30. The molecule has 0 bridgehead atoms. The minimum Gasteiger partial charge on any atom is -0.125 e. The second-order valence-corrected chi connectivity index (χ2v) is 6.66. The molecule has 2 rings (SSSR count). The van der Waals surface area contributed by atoms with Crippen LogP contribution in [-0.4, -0.2) is 0 Å². The summed E-state index contributed by atoms with van der Waals surface area (Å²) in [4.78, 5) is 1.07. The summed E-state index contributed by atoms with van der Waals surface area (Å²) in [5.74, 6) is 0. The Balaban J connectivity index is 2.39. The fourth-order valence-corrected chi connectivity index (χ4v) is 3.89. The molecule has 0 N–H and O–H groups in total. The minimum absolute atomic E-state index is 0.125. The smallest absolute Gasteiger partial charge is 0.107 e. The normalized spacial score (nSPS) is 12.7. The number of rotatable bonds is 3. The monoisotopic (exact) mass is 348 g/mol. The summed E-state index contributed by atoms with van der Waals surface area (Å²) in [6.07, 6.45) is 0.986. The lowest BCUT2D eigenvalue weighted by Gasteiger charge is -2.12. The summed E-state index contributed by atoms with van der Waals surface area (Å²) in [5, 5.41) is -0.125. The van der Waals surface area contributed by atoms with Crippen LogP contribution in [0.25, 0.3) is 0 Å². The van der Waals surface area contributed by atoms with E-state index < -0.39 is 0 Å². The predicted molar refractivity (Wildman–Crippen MR) is 80.5 cm³/mol. The molecule has 17 heavy (non-hydrogen) atoms. The second kappa shape index (κ2) is 5.75. The van der Waals surface area contributed by atoms with Crippen LogP contribution >= 0.6 is 50.5 Å². The molecule has 0 aliphatic rings. The number of hydrogen-bond acceptors (Lipinski definition) is 1. The molecule has 0 saturated carbocycles. The molecule has 0 nitrogen and oxygen atoms in total. The van der Waals surface area contributed by atoms with Gasteiger partial charge in [0.1, 0.15) is 4.34 Å². The predicted octanol–water partition coefficient (Wildman–Crippen LogP) is 6.05. The summed E-state index contributed by atoms with van der Waals surface area (Å²) >= 11 is 17.5. The van der Waals surface area contributed by atoms with E-state index in [0.29, 0.717) is 0 Å². The fraction of sp³-hybridized carbons (Fsp3) is 0.231. The van der Waals surface area contributed by atoms with Crippen molar-refractivity contribution in [3.8, 4) is 0 Å². The third-order valence-corrected chi connectivity index (χ3v) is 5.76. The number of alkyl halides is 1. The zero-order valence-electron chi connectivity index (χ0n) is 9.21. The van der Waals surface area contributed by atoms with Crippen molar-refractivity contribution in [2.75, 3.05) is 0 Å². The lowest BCUT2D eigenvalue weighted by Crippen LogP contribution is -1.96. The van der Waals surface area contributed by atoms with Crippen LogP contribution in [0, 0.1) is 0 Å². The minimum atomic E-state index is -0.125. The van der Waals surface area contributed by atoms with Gasteiger partial charge in [0.25, 0.3) is 0 Å². The molecule has 1 unspecified atom stereocenters. The van der Waals surface area contributed by atoms with Crippen molar-refractivity contribution in [2.45, 2.75) is 18.7 Å². The third kappa shape index (κ3) is 2.87. The maximum Gasteiger partial charge on any atom is 0.107 e. The Bertz CT molecular complexity index is 502. The summed E-state index contributed by atoms with van der Waals surface area (Å²) < 4.78 is 1.67. The van der Waals surface area contributed by atoms with Gasteiger partial charge in [0, 0.05) is 9.35 Å². The van der Waals surface area contributed by atoms with E-state index in [2.05, 4.69) is 35.0 Å². The molecule has 1 aromatic carbocycles. The highest BCUT2D eigenvalue weighted by Gasteiger charge is 2.17. The van der Waals surface area contributed by atoms with E-state index in [9.17, 15) is 0 Å². The topological polar surface area (TPSA) is 0 Å². The molecule has 4 heteroatoms. The molecule has 90 valence electrons. The van der Waals surface area contributed by atoms with E-state index in [4.69, 9.17) is 23.2 Å². The Kier molecular flexibility index (Phi) is 4.53. The molecule has 2 aromatic rings. The summed E-state index contributed by atoms with van der Waals surface area (Å²) in [7, 11) is 0. The van der Waals surface area contributed by atoms with Gasteiger partial charge in [0.05, 0.1) is 5.38 Å². The molecule has 1 atom stereocenters. The summed E-state index contributed by atoms with van der Waals surface area (Å²) in [6.45, 7) is 2.14. The van der Waals surface area contributed by atoms with E-state index in [-0.39, 0.29) is 5.38 Å². The lowest BCUT2D eigenvalue weighted by atomic mass is 10.0. The van der Waals surface area contributed by atoms with Gasteiger partial charge in [-0.2, -0.15) is 0 Å². The van der Waals surface area contributed by atoms with Gasteiger partial charge >= 0.3 is 0 Å². The maximum atomic E-state index is 6.53. The van der Waals surface area contributed by atoms with E-state index in [1.807, 2.05) is 18.2 Å². The highest BCUT2D eigenvalue weighted by molar-refractivity contribution is 9.10. The molecule has 0 aliphatic carbocycles. The Hall–Kier alpha value is -0.0200. The Morgan fingerprint density at radius 2 is 2.06 bits per heavy atom. The number of benzene rings is 1. The van der Waals surface area contributed by atoms with Crippen molar-refractivity contribution in [2.24, 2.45) is 0 Å². The van der Waals surface area contributed by atoms with E-state index in [1.54, 1.807) is 0 Å². The van der Waals surface area contributed by atoms with Crippen LogP contribution in [0.5, 0.6) is 0 Å². The largest absolute Gasteiger partial charge is 0.125 e. The molecule has 0 aliphatic heterocycles. The molecule has 0 saturated heterocycles. The highest BCUT2D eigenvalue weighted by Crippen LogP contribution is 2.41. The number of aryl methyl sites for hydroxylation is 1. The van der Waals surface area contributed by atoms with Crippen LogP contribution in [-0.2, 0) is 6.42 Å². The zero-order valence-corrected chi connectivity index (χ0v) is 13.1. The van der Waals surface area contributed by atoms with Gasteiger partial charge in [-0.1, -0.05) is 42.8 Å². The Labute approximate surface area is 124 Å². The van der Waals surface area contributed by atoms with Crippen molar-refractivity contribution in [1.29, 1.82) is 0 Å². The maximum absolute atomic E-state index is 6.53. The van der Waals surface area contributed by atoms with Gasteiger partial charge in [-0.25, -0.2) is 0 Å². The van der Waals surface area contributed by atoms with Gasteiger partial charge in [-0.05, 0) is 39.5 Å². The molecule has 0 radical (unpaired) electrons. The summed E-state index contributed by atoms with van der Waals surface area (Å²) in [5.41, 5.74) is 2.45. The van der Waals surface area contributed by atoms with Gasteiger partial charge in [0.15, 0.2) is 0 Å². The van der Waals surface area contributed by atoms with E-state index in [0.717, 1.165) is 20.1 Å². The fourth-order valence-electron chi connectivity index (χ4n) is 1.74. The van der Waals surface area contributed by atoms with Gasteiger partial charge in [-0.3, -0.25) is 0 Å². The SMILES string of the molecule is CCc1ccccc1C(Cl)c1cc(Br)c(Cl)s1. The van der Waals surface area contributed by atoms with Crippen molar-refractivity contribution >= 4 is 50.5 Å². The van der Waals surface area contributed by atoms with Gasteiger partial charge in [0.2, 0.25) is 0 Å². The lowest BCUT2D eigenvalue weighted by molar-refractivity contribution is 1.05. The quantitative estimate of drug-likeness (QED) is 0.591. The van der Waals surface area contributed by atoms with Crippen LogP contribution in [0.1, 0.15) is 28.3 Å². The van der Waals surface area contributed by atoms with Crippen LogP contribution < -0.4 is 0 Å².